The fraction of sp³-hybridized carbons (Fsp3) is 0.571. The molecule has 3 aliphatic rings. The van der Waals surface area contributed by atoms with Gasteiger partial charge in [0.1, 0.15) is 22.5 Å². The molecule has 2 atom stereocenters. The normalized spacial score (nSPS) is 23.4. The molecule has 4 bridgehead atoms. The summed E-state index contributed by atoms with van der Waals surface area (Å²) < 4.78 is 2.99. The van der Waals surface area contributed by atoms with Crippen molar-refractivity contribution < 1.29 is 9.59 Å². The number of carbonyl (C=O) groups is 2. The molecule has 2 aromatic rings. The largest absolute Gasteiger partial charge is 0.370 e. The summed E-state index contributed by atoms with van der Waals surface area (Å²) in [5.41, 5.74) is 0.449. The van der Waals surface area contributed by atoms with Crippen molar-refractivity contribution in [2.45, 2.75) is 69.0 Å². The molecular formula is C28H39N7O2S. The average molecular weight is 538 g/mol. The number of hydrogen-bond acceptors (Lipinski definition) is 8. The number of pyridine rings is 2. The van der Waals surface area contributed by atoms with Gasteiger partial charge in [-0.2, -0.15) is 0 Å². The van der Waals surface area contributed by atoms with E-state index in [1.165, 1.54) is 11.9 Å². The molecule has 204 valence electrons. The predicted molar refractivity (Wildman–Crippen MR) is 153 cm³/mol. The van der Waals surface area contributed by atoms with Crippen molar-refractivity contribution in [2.24, 2.45) is 5.92 Å². The molecular weight excluding hydrogens is 498 g/mol. The summed E-state index contributed by atoms with van der Waals surface area (Å²) in [6, 6.07) is 9.81. The molecule has 2 N–H and O–H groups in total. The van der Waals surface area contributed by atoms with Gasteiger partial charge in [-0.3, -0.25) is 14.3 Å². The van der Waals surface area contributed by atoms with Gasteiger partial charge < -0.3 is 20.0 Å². The molecule has 2 aromatic heterocycles. The van der Waals surface area contributed by atoms with Crippen molar-refractivity contribution in [3.63, 3.8) is 0 Å². The Hall–Kier alpha value is -3.01. The Morgan fingerprint density at radius 1 is 1.16 bits per heavy atom. The summed E-state index contributed by atoms with van der Waals surface area (Å²) in [6.45, 7) is 7.77. The molecule has 10 heteroatoms. The van der Waals surface area contributed by atoms with Crippen LogP contribution in [0.15, 0.2) is 35.4 Å². The Balaban J connectivity index is 1.46. The van der Waals surface area contributed by atoms with Crippen molar-refractivity contribution in [2.75, 3.05) is 48.3 Å². The average Bonchev–Trinajstić information content (AvgIpc) is 3.23. The number of rotatable bonds is 4. The van der Waals surface area contributed by atoms with Gasteiger partial charge in [0.2, 0.25) is 6.41 Å². The molecule has 2 fully saturated rings. The third-order valence-electron chi connectivity index (χ3n) is 8.07. The predicted octanol–water partition coefficient (Wildman–Crippen LogP) is 4.17. The minimum absolute atomic E-state index is 0.120. The summed E-state index contributed by atoms with van der Waals surface area (Å²) in [6.07, 6.45) is 7.38. The van der Waals surface area contributed by atoms with Gasteiger partial charge in [0, 0.05) is 56.8 Å². The third-order valence-corrected chi connectivity index (χ3v) is 8.80. The van der Waals surface area contributed by atoms with Gasteiger partial charge in [0.05, 0.1) is 5.56 Å². The molecule has 2 amide bonds. The fourth-order valence-corrected chi connectivity index (χ4v) is 6.68. The number of likely N-dealkylation sites (tertiary alicyclic amines) is 1. The van der Waals surface area contributed by atoms with E-state index in [4.69, 9.17) is 4.98 Å². The summed E-state index contributed by atoms with van der Waals surface area (Å²) in [5.74, 6) is 2.71. The minimum Gasteiger partial charge on any atom is -0.370 e. The molecule has 0 spiro atoms. The number of likely N-dealkylation sites (N-methyl/N-ethyl adjacent to an activating group) is 1. The summed E-state index contributed by atoms with van der Waals surface area (Å²) >= 11 is 1.22. The van der Waals surface area contributed by atoms with Crippen molar-refractivity contribution in [3.05, 3.63) is 35.9 Å². The minimum atomic E-state index is -0.180. The number of hydrogen-bond donors (Lipinski definition) is 2. The van der Waals surface area contributed by atoms with E-state index in [2.05, 4.69) is 38.7 Å². The first-order valence-corrected chi connectivity index (χ1v) is 14.5. The van der Waals surface area contributed by atoms with Gasteiger partial charge in [0.15, 0.2) is 0 Å². The van der Waals surface area contributed by atoms with Crippen LogP contribution < -0.4 is 19.8 Å². The Bertz CT molecular complexity index is 1160. The van der Waals surface area contributed by atoms with Crippen LogP contribution in [0.25, 0.3) is 0 Å². The van der Waals surface area contributed by atoms with Crippen LogP contribution in [0.4, 0.5) is 17.5 Å². The van der Waals surface area contributed by atoms with Gasteiger partial charge >= 0.3 is 0 Å². The van der Waals surface area contributed by atoms with Gasteiger partial charge in [-0.05, 0) is 82.6 Å². The SMILES string of the molecule is CN(CC1CCCCN1C=O)c1ccc2c(n1)N1CC(CCCNc3cccc(n3)SNC2=O)CC1(C)C. The van der Waals surface area contributed by atoms with Gasteiger partial charge in [-0.1, -0.05) is 6.07 Å². The second-order valence-corrected chi connectivity index (χ2v) is 12.2. The quantitative estimate of drug-likeness (QED) is 0.443. The van der Waals surface area contributed by atoms with E-state index in [-0.39, 0.29) is 17.5 Å². The second-order valence-electron chi connectivity index (χ2n) is 11.4. The number of nitrogens with one attached hydrogen (secondary N) is 2. The zero-order valence-corrected chi connectivity index (χ0v) is 23.5. The summed E-state index contributed by atoms with van der Waals surface area (Å²) in [4.78, 5) is 41.2. The van der Waals surface area contributed by atoms with Crippen LogP contribution in [0.5, 0.6) is 0 Å². The monoisotopic (exact) mass is 537 g/mol. The summed E-state index contributed by atoms with van der Waals surface area (Å²) in [5, 5.41) is 4.16. The molecule has 2 saturated heterocycles. The van der Waals surface area contributed by atoms with Gasteiger partial charge in [-0.15, -0.1) is 0 Å². The van der Waals surface area contributed by atoms with E-state index >= 15 is 0 Å². The van der Waals surface area contributed by atoms with Crippen molar-refractivity contribution in [1.82, 2.24) is 19.6 Å². The molecule has 5 rings (SSSR count). The van der Waals surface area contributed by atoms with E-state index in [0.717, 1.165) is 87.0 Å². The van der Waals surface area contributed by atoms with Crippen LogP contribution in [0, 0.1) is 5.92 Å². The zero-order chi connectivity index (χ0) is 26.7. The van der Waals surface area contributed by atoms with E-state index in [0.29, 0.717) is 18.0 Å². The summed E-state index contributed by atoms with van der Waals surface area (Å²) in [7, 11) is 2.03. The Morgan fingerprint density at radius 2 is 2.03 bits per heavy atom. The van der Waals surface area contributed by atoms with Crippen LogP contribution in [0.2, 0.25) is 0 Å². The maximum atomic E-state index is 13.5. The highest BCUT2D eigenvalue weighted by atomic mass is 32.2. The first-order valence-electron chi connectivity index (χ1n) is 13.7. The lowest BCUT2D eigenvalue weighted by atomic mass is 9.93. The lowest BCUT2D eigenvalue weighted by molar-refractivity contribution is -0.121. The van der Waals surface area contributed by atoms with E-state index in [1.807, 2.05) is 42.3 Å². The number of amides is 2. The van der Waals surface area contributed by atoms with Crippen LogP contribution in [-0.4, -0.2) is 72.0 Å². The lowest BCUT2D eigenvalue weighted by Gasteiger charge is -2.37. The highest BCUT2D eigenvalue weighted by Gasteiger charge is 2.40. The molecule has 0 aromatic carbocycles. The Morgan fingerprint density at radius 3 is 2.87 bits per heavy atom. The maximum absolute atomic E-state index is 13.5. The number of carbonyl (C=O) groups excluding carboxylic acids is 2. The first kappa shape index (κ1) is 26.6. The van der Waals surface area contributed by atoms with Crippen LogP contribution in [0.1, 0.15) is 62.7 Å². The van der Waals surface area contributed by atoms with E-state index < -0.39 is 0 Å². The Labute approximate surface area is 229 Å². The molecule has 2 unspecified atom stereocenters. The Kier molecular flexibility index (Phi) is 7.97. The number of aromatic nitrogens is 2. The second kappa shape index (κ2) is 11.4. The fourth-order valence-electron chi connectivity index (χ4n) is 6.09. The lowest BCUT2D eigenvalue weighted by Crippen LogP contribution is -2.45. The van der Waals surface area contributed by atoms with E-state index in [1.54, 1.807) is 0 Å². The van der Waals surface area contributed by atoms with Crippen LogP contribution in [-0.2, 0) is 4.79 Å². The molecule has 9 nitrogen and oxygen atoms in total. The number of fused-ring (bicyclic) bond motifs is 6. The van der Waals surface area contributed by atoms with Crippen molar-refractivity contribution in [1.29, 1.82) is 0 Å². The molecule has 0 radical (unpaired) electrons. The standard InChI is InChI=1S/C28H39N7O2S/c1-28(2)16-20-8-7-14-29-23-10-6-11-25(30-23)38-32-27(37)22-12-13-24(31-26(22)35(28)17-20)33(3)18-21-9-4-5-15-34(21)19-36/h6,10-13,19-21H,4-5,7-9,14-18H2,1-3H3,(H,29,30)(H,32,37). The molecule has 3 aliphatic heterocycles. The smallest absolute Gasteiger partial charge is 0.265 e. The van der Waals surface area contributed by atoms with Crippen molar-refractivity contribution in [3.8, 4) is 0 Å². The molecule has 0 saturated carbocycles. The third kappa shape index (κ3) is 5.85. The van der Waals surface area contributed by atoms with Gasteiger partial charge in [-0.25, -0.2) is 9.97 Å². The maximum Gasteiger partial charge on any atom is 0.265 e. The topological polar surface area (TPSA) is 93.7 Å². The molecule has 5 heterocycles. The van der Waals surface area contributed by atoms with Crippen molar-refractivity contribution >= 4 is 41.7 Å². The first-order chi connectivity index (χ1) is 18.3. The zero-order valence-electron chi connectivity index (χ0n) is 22.7. The number of nitrogens with zero attached hydrogens (tertiary/aromatic N) is 5. The van der Waals surface area contributed by atoms with E-state index in [9.17, 15) is 9.59 Å². The van der Waals surface area contributed by atoms with Gasteiger partial charge in [0.25, 0.3) is 5.91 Å². The molecule has 38 heavy (non-hydrogen) atoms. The number of piperidine rings is 1. The highest BCUT2D eigenvalue weighted by molar-refractivity contribution is 7.97. The number of anilines is 3. The molecule has 0 aliphatic carbocycles. The highest BCUT2D eigenvalue weighted by Crippen LogP contribution is 2.40. The van der Waals surface area contributed by atoms with Crippen LogP contribution >= 0.6 is 11.9 Å². The van der Waals surface area contributed by atoms with Crippen LogP contribution in [0.3, 0.4) is 0 Å².